The molecule has 1 N–H and O–H groups in total. The van der Waals surface area contributed by atoms with E-state index in [9.17, 15) is 4.79 Å². The number of nitrogens with one attached hydrogen (secondary N) is 1. The number of hydrogen-bond acceptors (Lipinski definition) is 4. The summed E-state index contributed by atoms with van der Waals surface area (Å²) in [4.78, 5) is 18.1. The first-order valence-electron chi connectivity index (χ1n) is 9.04. The summed E-state index contributed by atoms with van der Waals surface area (Å²) >= 11 is 3.18. The normalized spacial score (nSPS) is 11.0. The minimum atomic E-state index is -0.00485. The lowest BCUT2D eigenvalue weighted by Crippen LogP contribution is -2.13. The summed E-state index contributed by atoms with van der Waals surface area (Å²) in [6.07, 6.45) is 0.888. The maximum absolute atomic E-state index is 12.2. The number of thioether (sulfide) groups is 1. The number of nitrogens with zero attached hydrogens (tertiary/aromatic N) is 1. The molecule has 2 aromatic carbocycles. The average Bonchev–Trinajstić information content (AvgIpc) is 3.01. The molecule has 27 heavy (non-hydrogen) atoms. The molecule has 5 heteroatoms. The molecule has 0 aliphatic heterocycles. The van der Waals surface area contributed by atoms with Crippen molar-refractivity contribution in [3.05, 3.63) is 76.3 Å². The number of rotatable bonds is 7. The van der Waals surface area contributed by atoms with Crippen LogP contribution >= 0.6 is 23.1 Å². The van der Waals surface area contributed by atoms with E-state index < -0.39 is 0 Å². The molecule has 0 atom stereocenters. The van der Waals surface area contributed by atoms with Gasteiger partial charge in [0, 0.05) is 17.0 Å². The van der Waals surface area contributed by atoms with Gasteiger partial charge in [-0.25, -0.2) is 4.98 Å². The fraction of sp³-hybridized carbons (Fsp3) is 0.273. The van der Waals surface area contributed by atoms with Crippen molar-refractivity contribution in [1.82, 2.24) is 4.98 Å². The first-order valence-corrected chi connectivity index (χ1v) is 10.8. The number of thiazole rings is 1. The Morgan fingerprint density at radius 1 is 1.11 bits per heavy atom. The van der Waals surface area contributed by atoms with Gasteiger partial charge >= 0.3 is 0 Å². The summed E-state index contributed by atoms with van der Waals surface area (Å²) in [5.41, 5.74) is 4.44. The van der Waals surface area contributed by atoms with E-state index in [2.05, 4.69) is 60.5 Å². The van der Waals surface area contributed by atoms with E-state index in [0.29, 0.717) is 11.7 Å². The number of benzene rings is 2. The fourth-order valence-electron chi connectivity index (χ4n) is 2.68. The van der Waals surface area contributed by atoms with E-state index in [0.717, 1.165) is 22.1 Å². The van der Waals surface area contributed by atoms with Gasteiger partial charge in [0.05, 0.1) is 11.4 Å². The van der Waals surface area contributed by atoms with Crippen LogP contribution in [0.2, 0.25) is 0 Å². The number of amides is 1. The minimum Gasteiger partial charge on any atom is -0.325 e. The zero-order valence-electron chi connectivity index (χ0n) is 15.9. The summed E-state index contributed by atoms with van der Waals surface area (Å²) in [5.74, 6) is 0.849. The van der Waals surface area contributed by atoms with Gasteiger partial charge in [0.2, 0.25) is 5.91 Å². The minimum absolute atomic E-state index is 0.00485. The van der Waals surface area contributed by atoms with Crippen molar-refractivity contribution in [2.45, 2.75) is 37.4 Å². The highest BCUT2D eigenvalue weighted by Crippen LogP contribution is 2.29. The topological polar surface area (TPSA) is 42.0 Å². The second-order valence-electron chi connectivity index (χ2n) is 6.76. The third-order valence-electron chi connectivity index (χ3n) is 4.27. The highest BCUT2D eigenvalue weighted by molar-refractivity contribution is 8.01. The Hall–Kier alpha value is -2.11. The molecule has 0 spiro atoms. The molecule has 0 radical (unpaired) electrons. The molecule has 140 valence electrons. The first-order chi connectivity index (χ1) is 13.0. The molecule has 0 unspecified atom stereocenters. The second kappa shape index (κ2) is 9.20. The smallest absolute Gasteiger partial charge is 0.234 e. The van der Waals surface area contributed by atoms with Gasteiger partial charge in [-0.3, -0.25) is 4.79 Å². The zero-order chi connectivity index (χ0) is 19.2. The molecular formula is C22H24N2OS2. The van der Waals surface area contributed by atoms with Crippen molar-refractivity contribution in [1.29, 1.82) is 0 Å². The number of aryl methyl sites for hydroxylation is 1. The van der Waals surface area contributed by atoms with Crippen molar-refractivity contribution >= 4 is 34.7 Å². The highest BCUT2D eigenvalue weighted by atomic mass is 32.2. The van der Waals surface area contributed by atoms with Crippen molar-refractivity contribution in [3.63, 3.8) is 0 Å². The second-order valence-corrected chi connectivity index (χ2v) is 9.07. The Bertz CT molecular complexity index is 886. The summed E-state index contributed by atoms with van der Waals surface area (Å²) in [6, 6.07) is 18.4. The van der Waals surface area contributed by atoms with E-state index in [1.54, 1.807) is 11.3 Å². The van der Waals surface area contributed by atoms with E-state index in [1.165, 1.54) is 27.8 Å². The van der Waals surface area contributed by atoms with Crippen molar-refractivity contribution in [3.8, 4) is 0 Å². The Kier molecular flexibility index (Phi) is 6.69. The molecule has 3 aromatic rings. The van der Waals surface area contributed by atoms with Crippen LogP contribution < -0.4 is 5.32 Å². The number of carbonyl (C=O) groups excluding carboxylic acids is 1. The van der Waals surface area contributed by atoms with Gasteiger partial charge in [0.15, 0.2) is 4.34 Å². The van der Waals surface area contributed by atoms with Crippen LogP contribution in [-0.2, 0) is 11.2 Å². The lowest BCUT2D eigenvalue weighted by Gasteiger charge is -2.08. The Balaban J connectivity index is 1.53. The van der Waals surface area contributed by atoms with Gasteiger partial charge in [-0.05, 0) is 36.1 Å². The molecule has 0 aliphatic carbocycles. The molecule has 0 fully saturated rings. The van der Waals surface area contributed by atoms with E-state index in [-0.39, 0.29) is 5.91 Å². The van der Waals surface area contributed by atoms with Gasteiger partial charge in [-0.2, -0.15) is 0 Å². The molecule has 0 saturated heterocycles. The molecule has 3 nitrogen and oxygen atoms in total. The zero-order valence-corrected chi connectivity index (χ0v) is 17.5. The lowest BCUT2D eigenvalue weighted by atomic mass is 10.0. The fourth-order valence-corrected chi connectivity index (χ4v) is 4.75. The van der Waals surface area contributed by atoms with Crippen LogP contribution in [-0.4, -0.2) is 16.6 Å². The first kappa shape index (κ1) is 19.6. The summed E-state index contributed by atoms with van der Waals surface area (Å²) < 4.78 is 0.948. The van der Waals surface area contributed by atoms with Crippen molar-refractivity contribution < 1.29 is 4.79 Å². The molecule has 1 amide bonds. The van der Waals surface area contributed by atoms with Crippen LogP contribution in [0.4, 0.5) is 5.69 Å². The Labute approximate surface area is 169 Å². The van der Waals surface area contributed by atoms with Gasteiger partial charge in [-0.1, -0.05) is 68.1 Å². The molecule has 1 heterocycles. The summed E-state index contributed by atoms with van der Waals surface area (Å²) in [7, 11) is 0. The predicted molar refractivity (Wildman–Crippen MR) is 116 cm³/mol. The monoisotopic (exact) mass is 396 g/mol. The third-order valence-corrected chi connectivity index (χ3v) is 6.57. The van der Waals surface area contributed by atoms with Gasteiger partial charge < -0.3 is 5.32 Å². The van der Waals surface area contributed by atoms with Gasteiger partial charge in [0.25, 0.3) is 0 Å². The number of aromatic nitrogens is 1. The Morgan fingerprint density at radius 2 is 1.81 bits per heavy atom. The predicted octanol–water partition coefficient (Wildman–Crippen LogP) is 5.90. The largest absolute Gasteiger partial charge is 0.325 e. The van der Waals surface area contributed by atoms with Crippen molar-refractivity contribution in [2.24, 2.45) is 0 Å². The number of hydrogen-bond donors (Lipinski definition) is 1. The number of carbonyl (C=O) groups is 1. The van der Waals surface area contributed by atoms with Gasteiger partial charge in [-0.15, -0.1) is 11.3 Å². The van der Waals surface area contributed by atoms with E-state index >= 15 is 0 Å². The van der Waals surface area contributed by atoms with Crippen LogP contribution in [0.3, 0.4) is 0 Å². The number of anilines is 1. The van der Waals surface area contributed by atoms with Gasteiger partial charge in [0.1, 0.15) is 0 Å². The molecule has 0 saturated carbocycles. The van der Waals surface area contributed by atoms with Crippen LogP contribution in [0, 0.1) is 6.92 Å². The third kappa shape index (κ3) is 5.68. The SMILES string of the molecule is Cc1nc(SCC(=O)Nc2ccc(C(C)C)cc2)sc1Cc1ccccc1. The quantitative estimate of drug-likeness (QED) is 0.506. The van der Waals surface area contributed by atoms with Crippen LogP contribution in [0.15, 0.2) is 58.9 Å². The van der Waals surface area contributed by atoms with E-state index in [4.69, 9.17) is 0 Å². The molecule has 0 bridgehead atoms. The summed E-state index contributed by atoms with van der Waals surface area (Å²) in [5, 5.41) is 2.96. The highest BCUT2D eigenvalue weighted by Gasteiger charge is 2.11. The van der Waals surface area contributed by atoms with Crippen LogP contribution in [0.5, 0.6) is 0 Å². The summed E-state index contributed by atoms with van der Waals surface area (Å²) in [6.45, 7) is 6.35. The maximum atomic E-state index is 12.2. The van der Waals surface area contributed by atoms with E-state index in [1.807, 2.05) is 25.1 Å². The Morgan fingerprint density at radius 3 is 2.48 bits per heavy atom. The average molecular weight is 397 g/mol. The van der Waals surface area contributed by atoms with Crippen LogP contribution in [0.1, 0.15) is 41.5 Å². The molecule has 3 rings (SSSR count). The lowest BCUT2D eigenvalue weighted by molar-refractivity contribution is -0.113. The molecule has 0 aliphatic rings. The van der Waals surface area contributed by atoms with Crippen LogP contribution in [0.25, 0.3) is 0 Å². The molecular weight excluding hydrogens is 372 g/mol. The maximum Gasteiger partial charge on any atom is 0.234 e. The van der Waals surface area contributed by atoms with Crippen molar-refractivity contribution in [2.75, 3.05) is 11.1 Å². The standard InChI is InChI=1S/C22H24N2OS2/c1-15(2)18-9-11-19(12-10-18)24-21(25)14-26-22-23-16(3)20(27-22)13-17-7-5-4-6-8-17/h4-12,15H,13-14H2,1-3H3,(H,24,25). The molecule has 1 aromatic heterocycles.